The molecule has 1 aliphatic rings. The van der Waals surface area contributed by atoms with Gasteiger partial charge in [-0.3, -0.25) is 14.7 Å². The van der Waals surface area contributed by atoms with Gasteiger partial charge in [0.15, 0.2) is 0 Å². The monoisotopic (exact) mass is 337 g/mol. The van der Waals surface area contributed by atoms with Crippen LogP contribution in [0, 0.1) is 0 Å². The standard InChI is InChI=1S/C21H27N3O/c1-23(2)21(25)16-24-13-11-18(12-14-24)20-10-6-9-19(22-20)15-17-7-4-3-5-8-17/h3-10,18H,11-16H2,1-2H3. The third kappa shape index (κ3) is 4.89. The third-order valence-corrected chi connectivity index (χ3v) is 4.92. The minimum Gasteiger partial charge on any atom is -0.348 e. The molecule has 0 N–H and O–H groups in total. The van der Waals surface area contributed by atoms with E-state index in [4.69, 9.17) is 4.98 Å². The Morgan fingerprint density at radius 2 is 1.80 bits per heavy atom. The summed E-state index contributed by atoms with van der Waals surface area (Å²) in [5.74, 6) is 0.683. The van der Waals surface area contributed by atoms with Crippen LogP contribution in [0.5, 0.6) is 0 Å². The van der Waals surface area contributed by atoms with Crippen molar-refractivity contribution in [1.29, 1.82) is 0 Å². The van der Waals surface area contributed by atoms with Gasteiger partial charge in [0.2, 0.25) is 5.91 Å². The SMILES string of the molecule is CN(C)C(=O)CN1CCC(c2cccc(Cc3ccccc3)n2)CC1. The number of rotatable bonds is 5. The van der Waals surface area contributed by atoms with Crippen molar-refractivity contribution < 1.29 is 4.79 Å². The molecule has 0 atom stereocenters. The average Bonchev–Trinajstić information content (AvgIpc) is 2.63. The topological polar surface area (TPSA) is 36.4 Å². The van der Waals surface area contributed by atoms with Gasteiger partial charge in [0.1, 0.15) is 0 Å². The molecular weight excluding hydrogens is 310 g/mol. The molecule has 0 radical (unpaired) electrons. The normalized spacial score (nSPS) is 15.9. The Kier molecular flexibility index (Phi) is 5.82. The van der Waals surface area contributed by atoms with Crippen LogP contribution in [-0.4, -0.2) is 54.4 Å². The number of pyridine rings is 1. The van der Waals surface area contributed by atoms with Crippen LogP contribution in [0.4, 0.5) is 0 Å². The Balaban J connectivity index is 1.58. The lowest BCUT2D eigenvalue weighted by molar-refractivity contribution is -0.130. The molecule has 25 heavy (non-hydrogen) atoms. The molecular formula is C21H27N3O. The molecule has 0 bridgehead atoms. The Labute approximate surface area is 150 Å². The Bertz CT molecular complexity index is 691. The molecule has 0 unspecified atom stereocenters. The first kappa shape index (κ1) is 17.6. The van der Waals surface area contributed by atoms with Crippen molar-refractivity contribution in [2.45, 2.75) is 25.2 Å². The highest BCUT2D eigenvalue weighted by Crippen LogP contribution is 2.27. The number of likely N-dealkylation sites (N-methyl/N-ethyl adjacent to an activating group) is 1. The molecule has 4 heteroatoms. The van der Waals surface area contributed by atoms with Gasteiger partial charge >= 0.3 is 0 Å². The first-order valence-electron chi connectivity index (χ1n) is 9.04. The highest BCUT2D eigenvalue weighted by molar-refractivity contribution is 5.77. The van der Waals surface area contributed by atoms with Gasteiger partial charge in [-0.25, -0.2) is 0 Å². The first-order chi connectivity index (χ1) is 12.1. The fourth-order valence-electron chi connectivity index (χ4n) is 3.35. The summed E-state index contributed by atoms with van der Waals surface area (Å²) in [6.07, 6.45) is 3.02. The summed E-state index contributed by atoms with van der Waals surface area (Å²) in [6, 6.07) is 16.9. The summed E-state index contributed by atoms with van der Waals surface area (Å²) in [7, 11) is 3.63. The third-order valence-electron chi connectivity index (χ3n) is 4.92. The predicted octanol–water partition coefficient (Wildman–Crippen LogP) is 2.94. The number of hydrogen-bond donors (Lipinski definition) is 0. The minimum absolute atomic E-state index is 0.182. The van der Waals surface area contributed by atoms with Crippen LogP contribution in [0.2, 0.25) is 0 Å². The molecule has 132 valence electrons. The zero-order valence-corrected chi connectivity index (χ0v) is 15.2. The highest BCUT2D eigenvalue weighted by Gasteiger charge is 2.23. The van der Waals surface area contributed by atoms with Gasteiger partial charge in [-0.05, 0) is 43.6 Å². The van der Waals surface area contributed by atoms with Crippen molar-refractivity contribution >= 4 is 5.91 Å². The van der Waals surface area contributed by atoms with Crippen molar-refractivity contribution in [2.24, 2.45) is 0 Å². The molecule has 1 aromatic carbocycles. The summed E-state index contributed by atoms with van der Waals surface area (Å²) in [4.78, 5) is 20.7. The molecule has 0 saturated carbocycles. The maximum atomic E-state index is 11.9. The van der Waals surface area contributed by atoms with Crippen molar-refractivity contribution in [3.05, 3.63) is 65.5 Å². The van der Waals surface area contributed by atoms with E-state index >= 15 is 0 Å². The summed E-state index contributed by atoms with van der Waals surface area (Å²) >= 11 is 0. The van der Waals surface area contributed by atoms with Crippen LogP contribution >= 0.6 is 0 Å². The molecule has 2 aromatic rings. The van der Waals surface area contributed by atoms with Gasteiger partial charge in [-0.2, -0.15) is 0 Å². The zero-order chi connectivity index (χ0) is 17.6. The molecule has 1 aliphatic heterocycles. The molecule has 1 aromatic heterocycles. The van der Waals surface area contributed by atoms with Gasteiger partial charge in [0, 0.05) is 37.8 Å². The van der Waals surface area contributed by atoms with E-state index in [1.807, 2.05) is 20.2 Å². The van der Waals surface area contributed by atoms with Gasteiger partial charge in [-0.15, -0.1) is 0 Å². The average molecular weight is 337 g/mol. The smallest absolute Gasteiger partial charge is 0.236 e. The second-order valence-electron chi connectivity index (χ2n) is 7.05. The van der Waals surface area contributed by atoms with Crippen LogP contribution in [0.1, 0.15) is 35.7 Å². The maximum absolute atomic E-state index is 11.9. The second-order valence-corrected chi connectivity index (χ2v) is 7.05. The maximum Gasteiger partial charge on any atom is 0.236 e. The van der Waals surface area contributed by atoms with E-state index in [0.29, 0.717) is 12.5 Å². The minimum atomic E-state index is 0.182. The Hall–Kier alpha value is -2.20. The Morgan fingerprint density at radius 3 is 2.48 bits per heavy atom. The molecule has 3 rings (SSSR count). The number of piperidine rings is 1. The van der Waals surface area contributed by atoms with Crippen LogP contribution in [0.25, 0.3) is 0 Å². The summed E-state index contributed by atoms with van der Waals surface area (Å²) in [5.41, 5.74) is 3.63. The van der Waals surface area contributed by atoms with Crippen LogP contribution < -0.4 is 0 Å². The van der Waals surface area contributed by atoms with E-state index in [1.165, 1.54) is 11.3 Å². The van der Waals surface area contributed by atoms with E-state index in [9.17, 15) is 4.79 Å². The van der Waals surface area contributed by atoms with Gasteiger partial charge in [0.25, 0.3) is 0 Å². The molecule has 1 amide bonds. The van der Waals surface area contributed by atoms with E-state index in [1.54, 1.807) is 4.90 Å². The number of amides is 1. The number of carbonyl (C=O) groups is 1. The van der Waals surface area contributed by atoms with Crippen LogP contribution in [0.3, 0.4) is 0 Å². The number of nitrogens with zero attached hydrogens (tertiary/aromatic N) is 3. The van der Waals surface area contributed by atoms with Crippen molar-refractivity contribution in [2.75, 3.05) is 33.7 Å². The number of benzene rings is 1. The number of aromatic nitrogens is 1. The molecule has 1 saturated heterocycles. The van der Waals surface area contributed by atoms with Crippen molar-refractivity contribution in [3.8, 4) is 0 Å². The van der Waals surface area contributed by atoms with Crippen molar-refractivity contribution in [1.82, 2.24) is 14.8 Å². The van der Waals surface area contributed by atoms with Crippen molar-refractivity contribution in [3.63, 3.8) is 0 Å². The van der Waals surface area contributed by atoms with Crippen LogP contribution in [0.15, 0.2) is 48.5 Å². The van der Waals surface area contributed by atoms with Crippen LogP contribution in [-0.2, 0) is 11.2 Å². The van der Waals surface area contributed by atoms with E-state index in [0.717, 1.165) is 38.0 Å². The molecule has 0 aliphatic carbocycles. The summed E-state index contributed by atoms with van der Waals surface area (Å²) in [5, 5.41) is 0. The van der Waals surface area contributed by atoms with E-state index in [-0.39, 0.29) is 5.91 Å². The summed E-state index contributed by atoms with van der Waals surface area (Å²) < 4.78 is 0. The quantitative estimate of drug-likeness (QED) is 0.842. The summed E-state index contributed by atoms with van der Waals surface area (Å²) in [6.45, 7) is 2.46. The first-order valence-corrected chi connectivity index (χ1v) is 9.04. The largest absolute Gasteiger partial charge is 0.348 e. The lowest BCUT2D eigenvalue weighted by Crippen LogP contribution is -2.40. The highest BCUT2D eigenvalue weighted by atomic mass is 16.2. The van der Waals surface area contributed by atoms with Gasteiger partial charge in [-0.1, -0.05) is 36.4 Å². The molecule has 0 spiro atoms. The zero-order valence-electron chi connectivity index (χ0n) is 15.2. The molecule has 1 fully saturated rings. The molecule has 4 nitrogen and oxygen atoms in total. The predicted molar refractivity (Wildman–Crippen MR) is 101 cm³/mol. The lowest BCUT2D eigenvalue weighted by Gasteiger charge is -2.31. The van der Waals surface area contributed by atoms with Gasteiger partial charge < -0.3 is 4.90 Å². The van der Waals surface area contributed by atoms with E-state index < -0.39 is 0 Å². The lowest BCUT2D eigenvalue weighted by atomic mass is 9.92. The Morgan fingerprint density at radius 1 is 1.08 bits per heavy atom. The number of likely N-dealkylation sites (tertiary alicyclic amines) is 1. The number of carbonyl (C=O) groups excluding carboxylic acids is 1. The van der Waals surface area contributed by atoms with Gasteiger partial charge in [0.05, 0.1) is 6.54 Å². The number of hydrogen-bond acceptors (Lipinski definition) is 3. The molecule has 2 heterocycles. The van der Waals surface area contributed by atoms with E-state index in [2.05, 4.69) is 47.4 Å². The second kappa shape index (κ2) is 8.26. The fraction of sp³-hybridized carbons (Fsp3) is 0.429. The fourth-order valence-corrected chi connectivity index (χ4v) is 3.35.